The first-order chi connectivity index (χ1) is 13.5. The maximum absolute atomic E-state index is 12.4. The van der Waals surface area contributed by atoms with Gasteiger partial charge in [0.05, 0.1) is 12.3 Å². The Hall–Kier alpha value is -3.13. The van der Waals surface area contributed by atoms with E-state index in [0.29, 0.717) is 48.6 Å². The molecule has 3 rings (SSSR count). The van der Waals surface area contributed by atoms with E-state index >= 15 is 0 Å². The highest BCUT2D eigenvalue weighted by atomic mass is 16.5. The van der Waals surface area contributed by atoms with Crippen molar-refractivity contribution in [3.63, 3.8) is 0 Å². The summed E-state index contributed by atoms with van der Waals surface area (Å²) in [5, 5.41) is 16.3. The lowest BCUT2D eigenvalue weighted by molar-refractivity contribution is 0.0906. The minimum absolute atomic E-state index is 0.0881. The van der Waals surface area contributed by atoms with E-state index in [-0.39, 0.29) is 23.3 Å². The molecule has 2 amide bonds. The van der Waals surface area contributed by atoms with E-state index in [4.69, 9.17) is 9.15 Å². The molecule has 148 valence electrons. The first-order valence-electron chi connectivity index (χ1n) is 9.07. The quantitative estimate of drug-likeness (QED) is 0.521. The molecule has 0 saturated heterocycles. The molecule has 8 nitrogen and oxygen atoms in total. The number of rotatable bonds is 6. The molecule has 0 aliphatic heterocycles. The average Bonchev–Trinajstić information content (AvgIpc) is 3.04. The standard InChI is InChI=1S/C20H23N3O5/c1-12-17-15(22-23-19(25)13-6-8-14(24)9-7-13)4-3-5-16(17)28-18(12)20(26)21-10-11-27-2/h6-9,24H,3-5,10-11H2,1-2H3,(H,21,26)(H,23,25)/b22-15+. The van der Waals surface area contributed by atoms with Gasteiger partial charge in [0.25, 0.3) is 11.8 Å². The minimum atomic E-state index is -0.377. The van der Waals surface area contributed by atoms with Crippen LogP contribution in [0.25, 0.3) is 0 Å². The second-order valence-electron chi connectivity index (χ2n) is 6.50. The van der Waals surface area contributed by atoms with Crippen LogP contribution in [0.2, 0.25) is 0 Å². The zero-order valence-electron chi connectivity index (χ0n) is 15.9. The van der Waals surface area contributed by atoms with Crippen LogP contribution in [-0.2, 0) is 11.2 Å². The monoisotopic (exact) mass is 385 g/mol. The number of phenols is 1. The molecule has 1 aliphatic carbocycles. The molecule has 2 aromatic rings. The molecule has 8 heteroatoms. The largest absolute Gasteiger partial charge is 0.508 e. The van der Waals surface area contributed by atoms with Crippen molar-refractivity contribution >= 4 is 17.5 Å². The minimum Gasteiger partial charge on any atom is -0.508 e. The molecule has 0 spiro atoms. The van der Waals surface area contributed by atoms with Crippen LogP contribution < -0.4 is 10.7 Å². The molecular formula is C20H23N3O5. The summed E-state index contributed by atoms with van der Waals surface area (Å²) >= 11 is 0. The molecule has 0 fully saturated rings. The van der Waals surface area contributed by atoms with Crippen LogP contribution in [-0.4, -0.2) is 42.9 Å². The Morgan fingerprint density at radius 1 is 1.21 bits per heavy atom. The van der Waals surface area contributed by atoms with E-state index in [1.54, 1.807) is 7.11 Å². The molecule has 0 bridgehead atoms. The summed E-state index contributed by atoms with van der Waals surface area (Å²) in [5.41, 5.74) is 5.12. The van der Waals surface area contributed by atoms with Crippen LogP contribution in [0.1, 0.15) is 50.6 Å². The third-order valence-electron chi connectivity index (χ3n) is 4.55. The Bertz CT molecular complexity index is 899. The number of carbonyl (C=O) groups excluding carboxylic acids is 2. The summed E-state index contributed by atoms with van der Waals surface area (Å²) in [5.74, 6) is 0.388. The predicted molar refractivity (Wildman–Crippen MR) is 103 cm³/mol. The number of furan rings is 1. The number of hydrogen-bond acceptors (Lipinski definition) is 6. The van der Waals surface area contributed by atoms with Crippen LogP contribution in [0, 0.1) is 6.92 Å². The van der Waals surface area contributed by atoms with Gasteiger partial charge in [-0.25, -0.2) is 5.43 Å². The lowest BCUT2D eigenvalue weighted by Gasteiger charge is -2.13. The van der Waals surface area contributed by atoms with Crippen molar-refractivity contribution < 1.29 is 23.8 Å². The van der Waals surface area contributed by atoms with E-state index in [2.05, 4.69) is 15.8 Å². The van der Waals surface area contributed by atoms with Gasteiger partial charge in [0.1, 0.15) is 11.5 Å². The van der Waals surface area contributed by atoms with Crippen LogP contribution in [0.4, 0.5) is 0 Å². The number of methoxy groups -OCH3 is 1. The zero-order valence-corrected chi connectivity index (χ0v) is 15.9. The molecule has 1 aromatic carbocycles. The Balaban J connectivity index is 1.78. The number of ether oxygens (including phenoxy) is 1. The fraction of sp³-hybridized carbons (Fsp3) is 0.350. The number of nitrogens with one attached hydrogen (secondary N) is 2. The Labute approximate surface area is 162 Å². The summed E-state index contributed by atoms with van der Waals surface area (Å²) < 4.78 is 10.7. The summed E-state index contributed by atoms with van der Waals surface area (Å²) in [4.78, 5) is 24.6. The second-order valence-corrected chi connectivity index (χ2v) is 6.50. The number of hydrogen-bond donors (Lipinski definition) is 3. The van der Waals surface area contributed by atoms with Crippen LogP contribution >= 0.6 is 0 Å². The Morgan fingerprint density at radius 2 is 1.96 bits per heavy atom. The van der Waals surface area contributed by atoms with Crippen molar-refractivity contribution in [3.8, 4) is 5.75 Å². The SMILES string of the molecule is COCCNC(=O)c1oc2c(c1C)/C(=N/NC(=O)c1ccc(O)cc1)CCC2. The van der Waals surface area contributed by atoms with Crippen LogP contribution in [0.15, 0.2) is 33.8 Å². The van der Waals surface area contributed by atoms with Crippen molar-refractivity contribution in [3.05, 3.63) is 52.5 Å². The molecule has 28 heavy (non-hydrogen) atoms. The number of fused-ring (bicyclic) bond motifs is 1. The van der Waals surface area contributed by atoms with Gasteiger partial charge >= 0.3 is 0 Å². The summed E-state index contributed by atoms with van der Waals surface area (Å²) in [7, 11) is 1.57. The average molecular weight is 385 g/mol. The van der Waals surface area contributed by atoms with Gasteiger partial charge in [0.2, 0.25) is 0 Å². The lowest BCUT2D eigenvalue weighted by atomic mass is 9.93. The third kappa shape index (κ3) is 4.23. The van der Waals surface area contributed by atoms with E-state index in [0.717, 1.165) is 12.0 Å². The molecule has 1 heterocycles. The fourth-order valence-corrected chi connectivity index (χ4v) is 3.14. The van der Waals surface area contributed by atoms with Gasteiger partial charge in [-0.05, 0) is 44.0 Å². The molecule has 0 unspecified atom stereocenters. The van der Waals surface area contributed by atoms with E-state index < -0.39 is 0 Å². The fourth-order valence-electron chi connectivity index (χ4n) is 3.14. The first-order valence-corrected chi connectivity index (χ1v) is 9.07. The number of amides is 2. The molecule has 0 saturated carbocycles. The maximum atomic E-state index is 12.4. The topological polar surface area (TPSA) is 113 Å². The van der Waals surface area contributed by atoms with Gasteiger partial charge in [0.15, 0.2) is 5.76 Å². The third-order valence-corrected chi connectivity index (χ3v) is 4.55. The van der Waals surface area contributed by atoms with Crippen LogP contribution in [0.5, 0.6) is 5.75 Å². The highest BCUT2D eigenvalue weighted by Crippen LogP contribution is 2.29. The van der Waals surface area contributed by atoms with Gasteiger partial charge in [-0.1, -0.05) is 0 Å². The normalized spacial score (nSPS) is 14.6. The van der Waals surface area contributed by atoms with Crippen molar-refractivity contribution in [1.29, 1.82) is 0 Å². The number of hydrazone groups is 1. The first kappa shape index (κ1) is 19.6. The van der Waals surface area contributed by atoms with Crippen molar-refractivity contribution in [2.45, 2.75) is 26.2 Å². The van der Waals surface area contributed by atoms with E-state index in [9.17, 15) is 14.7 Å². The molecule has 3 N–H and O–H groups in total. The Kier molecular flexibility index (Phi) is 6.10. The van der Waals surface area contributed by atoms with E-state index in [1.807, 2.05) is 6.92 Å². The highest BCUT2D eigenvalue weighted by Gasteiger charge is 2.28. The number of aryl methyl sites for hydroxylation is 1. The van der Waals surface area contributed by atoms with Crippen molar-refractivity contribution in [2.75, 3.05) is 20.3 Å². The summed E-state index contributed by atoms with van der Waals surface area (Å²) in [6.45, 7) is 2.63. The van der Waals surface area contributed by atoms with Gasteiger partial charge in [0, 0.05) is 36.8 Å². The van der Waals surface area contributed by atoms with Gasteiger partial charge < -0.3 is 19.6 Å². The molecule has 0 radical (unpaired) electrons. The molecular weight excluding hydrogens is 362 g/mol. The number of carbonyl (C=O) groups is 2. The molecule has 1 aromatic heterocycles. The second kappa shape index (κ2) is 8.71. The van der Waals surface area contributed by atoms with E-state index in [1.165, 1.54) is 24.3 Å². The summed E-state index contributed by atoms with van der Waals surface area (Å²) in [6.07, 6.45) is 2.21. The van der Waals surface area contributed by atoms with Crippen molar-refractivity contribution in [2.24, 2.45) is 5.10 Å². The number of benzene rings is 1. The smallest absolute Gasteiger partial charge is 0.287 e. The number of nitrogens with zero attached hydrogens (tertiary/aromatic N) is 1. The van der Waals surface area contributed by atoms with Gasteiger partial charge in [-0.15, -0.1) is 0 Å². The number of aromatic hydroxyl groups is 1. The molecule has 1 aliphatic rings. The summed E-state index contributed by atoms with van der Waals surface area (Å²) in [6, 6.07) is 5.91. The number of phenolic OH excluding ortho intramolecular Hbond substituents is 1. The van der Waals surface area contributed by atoms with Crippen LogP contribution in [0.3, 0.4) is 0 Å². The van der Waals surface area contributed by atoms with Gasteiger partial charge in [-0.3, -0.25) is 9.59 Å². The highest BCUT2D eigenvalue weighted by molar-refractivity contribution is 6.07. The maximum Gasteiger partial charge on any atom is 0.287 e. The van der Waals surface area contributed by atoms with Crippen molar-refractivity contribution in [1.82, 2.24) is 10.7 Å². The predicted octanol–water partition coefficient (Wildman–Crippen LogP) is 2.14. The molecule has 0 atom stereocenters. The lowest BCUT2D eigenvalue weighted by Crippen LogP contribution is -2.27. The zero-order chi connectivity index (χ0) is 20.1. The Morgan fingerprint density at radius 3 is 2.68 bits per heavy atom. The van der Waals surface area contributed by atoms with Gasteiger partial charge in [-0.2, -0.15) is 5.10 Å².